The molecule has 2 aromatic rings. The maximum Gasteiger partial charge on any atom is 0.170 e. The van der Waals surface area contributed by atoms with Crippen molar-refractivity contribution in [3.8, 4) is 11.5 Å². The first-order chi connectivity index (χ1) is 12.5. The fourth-order valence-electron chi connectivity index (χ4n) is 2.45. The predicted molar refractivity (Wildman–Crippen MR) is 105 cm³/mol. The topological polar surface area (TPSA) is 52.6 Å². The average molecular weight is 370 g/mol. The van der Waals surface area contributed by atoms with E-state index < -0.39 is 5.92 Å². The molecular formula is C21H22O4S. The number of para-hydroxylation sites is 1. The van der Waals surface area contributed by atoms with Gasteiger partial charge in [0, 0.05) is 18.4 Å². The van der Waals surface area contributed by atoms with Crippen LogP contribution in [0.2, 0.25) is 0 Å². The highest BCUT2D eigenvalue weighted by Crippen LogP contribution is 2.22. The van der Waals surface area contributed by atoms with Gasteiger partial charge >= 0.3 is 0 Å². The summed E-state index contributed by atoms with van der Waals surface area (Å²) >= 11 is 5.16. The van der Waals surface area contributed by atoms with Gasteiger partial charge in [0.2, 0.25) is 0 Å². The fourth-order valence-corrected chi connectivity index (χ4v) is 2.79. The summed E-state index contributed by atoms with van der Waals surface area (Å²) in [6, 6.07) is 16.3. The highest BCUT2D eigenvalue weighted by Gasteiger charge is 2.26. The van der Waals surface area contributed by atoms with Crippen molar-refractivity contribution in [1.29, 1.82) is 0 Å². The monoisotopic (exact) mass is 370 g/mol. The minimum absolute atomic E-state index is 0.0182. The Morgan fingerprint density at radius 1 is 0.962 bits per heavy atom. The molecule has 0 aliphatic heterocycles. The van der Waals surface area contributed by atoms with Crippen molar-refractivity contribution in [3.05, 3.63) is 60.2 Å². The lowest BCUT2D eigenvalue weighted by molar-refractivity contribution is -0.120. The maximum atomic E-state index is 12.5. The Bertz CT molecular complexity index is 753. The molecule has 2 rings (SSSR count). The highest BCUT2D eigenvalue weighted by molar-refractivity contribution is 7.80. The molecule has 0 heterocycles. The second-order valence-electron chi connectivity index (χ2n) is 5.69. The Hall–Kier alpha value is -2.53. The van der Waals surface area contributed by atoms with Crippen LogP contribution in [0, 0.1) is 5.92 Å². The molecule has 26 heavy (non-hydrogen) atoms. The van der Waals surface area contributed by atoms with E-state index in [1.165, 1.54) is 0 Å². The molecule has 0 fully saturated rings. The number of ether oxygens (including phenoxy) is 2. The first-order valence-corrected chi connectivity index (χ1v) is 9.01. The third kappa shape index (κ3) is 5.49. The van der Waals surface area contributed by atoms with Gasteiger partial charge in [-0.1, -0.05) is 25.1 Å². The fraction of sp³-hybridized carbons (Fsp3) is 0.286. The molecule has 0 aliphatic rings. The van der Waals surface area contributed by atoms with Gasteiger partial charge in [-0.3, -0.25) is 9.59 Å². The zero-order valence-electron chi connectivity index (χ0n) is 14.9. The van der Waals surface area contributed by atoms with Gasteiger partial charge in [-0.25, -0.2) is 0 Å². The zero-order valence-corrected chi connectivity index (χ0v) is 15.8. The van der Waals surface area contributed by atoms with E-state index in [0.29, 0.717) is 24.3 Å². The van der Waals surface area contributed by atoms with Crippen LogP contribution in [0.5, 0.6) is 11.5 Å². The van der Waals surface area contributed by atoms with E-state index in [4.69, 9.17) is 21.7 Å². The number of Topliss-reactive ketones (excluding diaryl/α,β-unsaturated/α-hetero) is 2. The number of carbonyl (C=O) groups is 2. The van der Waals surface area contributed by atoms with Crippen molar-refractivity contribution in [3.63, 3.8) is 0 Å². The van der Waals surface area contributed by atoms with Crippen molar-refractivity contribution in [1.82, 2.24) is 0 Å². The van der Waals surface area contributed by atoms with Gasteiger partial charge in [-0.05, 0) is 55.5 Å². The van der Waals surface area contributed by atoms with Crippen LogP contribution in [-0.4, -0.2) is 23.2 Å². The van der Waals surface area contributed by atoms with Gasteiger partial charge in [0.1, 0.15) is 17.3 Å². The molecular weight excluding hydrogens is 348 g/mol. The predicted octanol–water partition coefficient (Wildman–Crippen LogP) is 5.01. The third-order valence-electron chi connectivity index (χ3n) is 3.85. The van der Waals surface area contributed by atoms with Crippen molar-refractivity contribution >= 4 is 28.8 Å². The Morgan fingerprint density at radius 2 is 1.58 bits per heavy atom. The van der Waals surface area contributed by atoms with Crippen LogP contribution in [0.1, 0.15) is 37.0 Å². The van der Waals surface area contributed by atoms with E-state index in [2.05, 4.69) is 0 Å². The lowest BCUT2D eigenvalue weighted by Gasteiger charge is -2.16. The zero-order chi connectivity index (χ0) is 18.9. The second-order valence-corrected chi connectivity index (χ2v) is 6.09. The van der Waals surface area contributed by atoms with Crippen molar-refractivity contribution in [2.45, 2.75) is 26.7 Å². The first-order valence-electron chi connectivity index (χ1n) is 8.60. The lowest BCUT2D eigenvalue weighted by Crippen LogP contribution is -2.27. The summed E-state index contributed by atoms with van der Waals surface area (Å²) in [4.78, 5) is 24.7. The number of benzene rings is 2. The second kappa shape index (κ2) is 9.82. The van der Waals surface area contributed by atoms with Crippen LogP contribution in [-0.2, 0) is 9.53 Å². The summed E-state index contributed by atoms with van der Waals surface area (Å²) in [5.74, 6) is 0.453. The van der Waals surface area contributed by atoms with Gasteiger partial charge in [0.25, 0.3) is 0 Å². The standard InChI is InChI=1S/C21H22O4S/c1-3-19(22)18(21(26)24-4-2)14-20(23)15-10-12-17(13-11-15)25-16-8-6-5-7-9-16/h5-13,18H,3-4,14H2,1-2H3. The van der Waals surface area contributed by atoms with Crippen molar-refractivity contribution < 1.29 is 19.1 Å². The van der Waals surface area contributed by atoms with Crippen LogP contribution < -0.4 is 4.74 Å². The molecule has 0 saturated carbocycles. The van der Waals surface area contributed by atoms with Crippen LogP contribution in [0.4, 0.5) is 0 Å². The largest absolute Gasteiger partial charge is 0.487 e. The summed E-state index contributed by atoms with van der Waals surface area (Å²) in [6.07, 6.45) is 0.333. The SMILES string of the molecule is CCOC(=S)C(CC(=O)c1ccc(Oc2ccccc2)cc1)C(=O)CC. The van der Waals surface area contributed by atoms with Gasteiger partial charge in [0.05, 0.1) is 12.5 Å². The molecule has 0 N–H and O–H groups in total. The molecule has 0 aliphatic carbocycles. The molecule has 0 amide bonds. The first kappa shape index (κ1) is 19.8. The van der Waals surface area contributed by atoms with E-state index in [9.17, 15) is 9.59 Å². The van der Waals surface area contributed by atoms with E-state index in [0.717, 1.165) is 5.75 Å². The molecule has 0 aromatic heterocycles. The van der Waals surface area contributed by atoms with Crippen molar-refractivity contribution in [2.75, 3.05) is 6.61 Å². The van der Waals surface area contributed by atoms with Crippen LogP contribution in [0.15, 0.2) is 54.6 Å². The Labute approximate surface area is 159 Å². The Balaban J connectivity index is 2.06. The van der Waals surface area contributed by atoms with Crippen molar-refractivity contribution in [2.24, 2.45) is 5.92 Å². The lowest BCUT2D eigenvalue weighted by atomic mass is 9.94. The smallest absolute Gasteiger partial charge is 0.170 e. The number of carbonyl (C=O) groups excluding carboxylic acids is 2. The summed E-state index contributed by atoms with van der Waals surface area (Å²) in [7, 11) is 0. The summed E-state index contributed by atoms with van der Waals surface area (Å²) in [5, 5.41) is 0.191. The minimum Gasteiger partial charge on any atom is -0.487 e. The van der Waals surface area contributed by atoms with E-state index >= 15 is 0 Å². The quantitative estimate of drug-likeness (QED) is 0.459. The molecule has 1 atom stereocenters. The Kier molecular flexibility index (Phi) is 7.48. The number of hydrogen-bond donors (Lipinski definition) is 0. The Morgan fingerprint density at radius 3 is 2.15 bits per heavy atom. The van der Waals surface area contributed by atoms with E-state index in [1.54, 1.807) is 38.1 Å². The van der Waals surface area contributed by atoms with Gasteiger partial charge in [0.15, 0.2) is 10.8 Å². The molecule has 0 spiro atoms. The summed E-state index contributed by atoms with van der Waals surface area (Å²) in [6.45, 7) is 3.93. The molecule has 0 radical (unpaired) electrons. The van der Waals surface area contributed by atoms with E-state index in [-0.39, 0.29) is 23.0 Å². The molecule has 2 aromatic carbocycles. The number of hydrogen-bond acceptors (Lipinski definition) is 5. The van der Waals surface area contributed by atoms with Gasteiger partial charge in [-0.15, -0.1) is 0 Å². The maximum absolute atomic E-state index is 12.5. The molecule has 136 valence electrons. The third-order valence-corrected chi connectivity index (χ3v) is 4.26. The molecule has 4 nitrogen and oxygen atoms in total. The molecule has 1 unspecified atom stereocenters. The normalized spacial score (nSPS) is 11.5. The average Bonchev–Trinajstić information content (AvgIpc) is 2.67. The van der Waals surface area contributed by atoms with Crippen LogP contribution >= 0.6 is 12.2 Å². The molecule has 0 bridgehead atoms. The highest BCUT2D eigenvalue weighted by atomic mass is 32.1. The van der Waals surface area contributed by atoms with Crippen LogP contribution in [0.3, 0.4) is 0 Å². The van der Waals surface area contributed by atoms with Gasteiger partial charge < -0.3 is 9.47 Å². The number of rotatable bonds is 9. The molecule has 5 heteroatoms. The summed E-state index contributed by atoms with van der Waals surface area (Å²) < 4.78 is 11.0. The van der Waals surface area contributed by atoms with Gasteiger partial charge in [-0.2, -0.15) is 0 Å². The molecule has 0 saturated heterocycles. The van der Waals surface area contributed by atoms with E-state index in [1.807, 2.05) is 30.3 Å². The number of ketones is 2. The number of thiocarbonyl (C=S) groups is 1. The van der Waals surface area contributed by atoms with Crippen LogP contribution in [0.25, 0.3) is 0 Å². The minimum atomic E-state index is -0.678. The summed E-state index contributed by atoms with van der Waals surface area (Å²) in [5.41, 5.74) is 0.513.